The molecule has 0 saturated heterocycles. The summed E-state index contributed by atoms with van der Waals surface area (Å²) in [5, 5.41) is 2.63. The molecule has 1 aromatic heterocycles. The first-order chi connectivity index (χ1) is 9.33. The van der Waals surface area contributed by atoms with E-state index in [0.29, 0.717) is 0 Å². The number of aryl methyl sites for hydroxylation is 1. The fourth-order valence-electron chi connectivity index (χ4n) is 2.28. The number of rotatable bonds is 2. The molecule has 0 N–H and O–H groups in total. The van der Waals surface area contributed by atoms with Gasteiger partial charge in [0, 0.05) is 31.9 Å². The summed E-state index contributed by atoms with van der Waals surface area (Å²) in [5.41, 5.74) is 2.62. The molecular weight excluding hydrogens is 420 g/mol. The van der Waals surface area contributed by atoms with E-state index >= 15 is 0 Å². The Morgan fingerprint density at radius 3 is 2.30 bits per heavy atom. The van der Waals surface area contributed by atoms with Gasteiger partial charge in [0.05, 0.1) is 0 Å². The number of unbranched alkanes of at least 4 members (excludes halogenated alkanes) is 1. The van der Waals surface area contributed by atoms with Gasteiger partial charge < -0.3 is 18.4 Å². The maximum Gasteiger partial charge on any atom is 0.0348 e. The Bertz CT molecular complexity index is 599. The first-order valence-electron chi connectivity index (χ1n) is 6.79. The van der Waals surface area contributed by atoms with Crippen LogP contribution in [0.25, 0.3) is 21.8 Å². The topological polar surface area (TPSA) is 4.93 Å². The maximum absolute atomic E-state index is 3.54. The molecule has 0 saturated carbocycles. The Hall–Kier alpha value is -1.12. The Labute approximate surface area is 135 Å². The van der Waals surface area contributed by atoms with Gasteiger partial charge in [-0.3, -0.25) is 0 Å². The van der Waals surface area contributed by atoms with Gasteiger partial charge in [0.1, 0.15) is 0 Å². The van der Waals surface area contributed by atoms with Crippen LogP contribution in [0.1, 0.15) is 19.8 Å². The zero-order chi connectivity index (χ0) is 13.7. The number of nitrogens with zero attached hydrogens (tertiary/aromatic N) is 1. The molecule has 0 amide bonds. The van der Waals surface area contributed by atoms with E-state index < -0.39 is 0 Å². The molecule has 108 valence electrons. The van der Waals surface area contributed by atoms with E-state index in [2.05, 4.69) is 67.8 Å². The Morgan fingerprint density at radius 2 is 1.65 bits per heavy atom. The smallest absolute Gasteiger partial charge is 0.0348 e. The summed E-state index contributed by atoms with van der Waals surface area (Å²) in [7, 11) is 0. The maximum atomic E-state index is 3.54. The summed E-state index contributed by atoms with van der Waals surface area (Å²) in [5.74, 6) is 0. The standard InChI is InChI=1S/C14H12N.C4H8.Os/c1-2-15-13-9-5-3-7-11(13)12-8-4-6-10-14(12)15;1-3-4-2;/h3,5-10H,2H2,1H3;1-4H2;/q-1;-2;. The van der Waals surface area contributed by atoms with E-state index in [4.69, 9.17) is 0 Å². The molecule has 2 heteroatoms. The molecule has 0 aliphatic rings. The van der Waals surface area contributed by atoms with Crippen molar-refractivity contribution in [2.45, 2.75) is 26.3 Å². The third kappa shape index (κ3) is 3.30. The van der Waals surface area contributed by atoms with Gasteiger partial charge in [-0.2, -0.15) is 18.2 Å². The predicted octanol–water partition coefficient (Wildman–Crippen LogP) is 5.05. The molecule has 0 radical (unpaired) electrons. The minimum atomic E-state index is 0. The van der Waals surface area contributed by atoms with Crippen LogP contribution in [0.4, 0.5) is 0 Å². The SMILES string of the molecule is CCn1c2cc[c-]cc2c2ccccc21.[CH2-]CC[CH2-].[Os]. The van der Waals surface area contributed by atoms with E-state index in [1.165, 1.54) is 21.8 Å². The molecule has 20 heavy (non-hydrogen) atoms. The summed E-state index contributed by atoms with van der Waals surface area (Å²) in [6.07, 6.45) is 1.92. The molecule has 0 bridgehead atoms. The summed E-state index contributed by atoms with van der Waals surface area (Å²) in [4.78, 5) is 0. The summed E-state index contributed by atoms with van der Waals surface area (Å²) in [6, 6.07) is 17.9. The zero-order valence-electron chi connectivity index (χ0n) is 11.9. The van der Waals surface area contributed by atoms with Crippen LogP contribution in [-0.4, -0.2) is 4.57 Å². The van der Waals surface area contributed by atoms with Crippen molar-refractivity contribution in [2.75, 3.05) is 0 Å². The molecule has 0 fully saturated rings. The van der Waals surface area contributed by atoms with E-state index in [1.54, 1.807) is 0 Å². The molecule has 0 spiro atoms. The molecule has 0 aliphatic heterocycles. The normalized spacial score (nSPS) is 9.95. The second kappa shape index (κ2) is 8.23. The third-order valence-electron chi connectivity index (χ3n) is 3.18. The third-order valence-corrected chi connectivity index (χ3v) is 3.18. The van der Waals surface area contributed by atoms with E-state index in [9.17, 15) is 0 Å². The van der Waals surface area contributed by atoms with Gasteiger partial charge >= 0.3 is 0 Å². The minimum Gasteiger partial charge on any atom is -0.365 e. The molecule has 1 nitrogen and oxygen atoms in total. The number of hydrogen-bond donors (Lipinski definition) is 0. The van der Waals surface area contributed by atoms with Gasteiger partial charge in [-0.05, 0) is 18.4 Å². The van der Waals surface area contributed by atoms with Gasteiger partial charge in [0.15, 0.2) is 0 Å². The molecular formula is C18H20NOs-3. The quantitative estimate of drug-likeness (QED) is 0.492. The first kappa shape index (κ1) is 16.9. The van der Waals surface area contributed by atoms with Gasteiger partial charge in [-0.15, -0.1) is 11.5 Å². The van der Waals surface area contributed by atoms with Crippen molar-refractivity contribution >= 4 is 21.8 Å². The van der Waals surface area contributed by atoms with E-state index in [1.807, 2.05) is 6.07 Å². The van der Waals surface area contributed by atoms with Crippen LogP contribution < -0.4 is 0 Å². The van der Waals surface area contributed by atoms with Crippen molar-refractivity contribution in [2.24, 2.45) is 0 Å². The summed E-state index contributed by atoms with van der Waals surface area (Å²) >= 11 is 0. The zero-order valence-corrected chi connectivity index (χ0v) is 14.4. The number of aromatic nitrogens is 1. The van der Waals surface area contributed by atoms with Crippen LogP contribution in [-0.2, 0) is 26.3 Å². The fraction of sp³-hybridized carbons (Fsp3) is 0.222. The van der Waals surface area contributed by atoms with Crippen LogP contribution in [0.5, 0.6) is 0 Å². The average molecular weight is 441 g/mol. The Kier molecular flexibility index (Phi) is 6.96. The van der Waals surface area contributed by atoms with Gasteiger partial charge in [-0.25, -0.2) is 12.8 Å². The number of para-hydroxylation sites is 1. The van der Waals surface area contributed by atoms with Crippen molar-refractivity contribution in [3.05, 3.63) is 62.4 Å². The van der Waals surface area contributed by atoms with Crippen molar-refractivity contribution in [1.82, 2.24) is 4.57 Å². The largest absolute Gasteiger partial charge is 0.365 e. The summed E-state index contributed by atoms with van der Waals surface area (Å²) in [6.45, 7) is 10.3. The molecule has 2 aromatic carbocycles. The van der Waals surface area contributed by atoms with Gasteiger partial charge in [-0.1, -0.05) is 23.7 Å². The van der Waals surface area contributed by atoms with Gasteiger partial charge in [0.25, 0.3) is 0 Å². The van der Waals surface area contributed by atoms with E-state index in [-0.39, 0.29) is 19.8 Å². The Morgan fingerprint density at radius 1 is 1.00 bits per heavy atom. The van der Waals surface area contributed by atoms with Gasteiger partial charge in [0.2, 0.25) is 0 Å². The van der Waals surface area contributed by atoms with Crippen LogP contribution in [0.15, 0.2) is 42.5 Å². The minimum absolute atomic E-state index is 0. The predicted molar refractivity (Wildman–Crippen MR) is 83.9 cm³/mol. The van der Waals surface area contributed by atoms with Crippen molar-refractivity contribution < 1.29 is 19.8 Å². The van der Waals surface area contributed by atoms with Crippen LogP contribution in [0, 0.1) is 19.9 Å². The van der Waals surface area contributed by atoms with Crippen LogP contribution in [0.3, 0.4) is 0 Å². The first-order valence-corrected chi connectivity index (χ1v) is 6.79. The number of fused-ring (bicyclic) bond motifs is 3. The monoisotopic (exact) mass is 442 g/mol. The molecule has 0 atom stereocenters. The van der Waals surface area contributed by atoms with E-state index in [0.717, 1.165) is 19.4 Å². The second-order valence-electron chi connectivity index (χ2n) is 4.41. The van der Waals surface area contributed by atoms with Crippen LogP contribution in [0.2, 0.25) is 0 Å². The fourth-order valence-corrected chi connectivity index (χ4v) is 2.28. The molecule has 0 aliphatic carbocycles. The van der Waals surface area contributed by atoms with Crippen molar-refractivity contribution in [3.63, 3.8) is 0 Å². The number of benzene rings is 2. The number of hydrogen-bond acceptors (Lipinski definition) is 0. The molecule has 3 rings (SSSR count). The summed E-state index contributed by atoms with van der Waals surface area (Å²) < 4.78 is 2.35. The molecule has 3 aromatic rings. The molecule has 0 unspecified atom stereocenters. The van der Waals surface area contributed by atoms with Crippen LogP contribution >= 0.6 is 0 Å². The molecule has 1 heterocycles. The Balaban J connectivity index is 0.000000359. The second-order valence-corrected chi connectivity index (χ2v) is 4.41. The van der Waals surface area contributed by atoms with Crippen molar-refractivity contribution in [3.8, 4) is 0 Å². The van der Waals surface area contributed by atoms with Crippen molar-refractivity contribution in [1.29, 1.82) is 0 Å². The average Bonchev–Trinajstić information content (AvgIpc) is 2.81.